The molecule has 0 aliphatic carbocycles. The summed E-state index contributed by atoms with van der Waals surface area (Å²) in [5, 5.41) is 8.42. The number of para-hydroxylation sites is 3. The van der Waals surface area contributed by atoms with Gasteiger partial charge in [-0.1, -0.05) is 115 Å². The van der Waals surface area contributed by atoms with E-state index in [2.05, 4.69) is 173 Å². The summed E-state index contributed by atoms with van der Waals surface area (Å²) in [7, 11) is 0. The highest BCUT2D eigenvalue weighted by Gasteiger charge is 2.21. The maximum absolute atomic E-state index is 5.33. The van der Waals surface area contributed by atoms with Crippen LogP contribution in [0.2, 0.25) is 0 Å². The smallest absolute Gasteiger partial charge is 0.235 e. The van der Waals surface area contributed by atoms with Gasteiger partial charge in [-0.15, -0.1) is 0 Å². The highest BCUT2D eigenvalue weighted by Crippen LogP contribution is 2.42. The van der Waals surface area contributed by atoms with Crippen molar-refractivity contribution in [3.05, 3.63) is 170 Å². The van der Waals surface area contributed by atoms with Crippen LogP contribution in [0.1, 0.15) is 0 Å². The Balaban J connectivity index is 1.20. The minimum Gasteiger partial charge on any atom is -0.309 e. The van der Waals surface area contributed by atoms with Crippen molar-refractivity contribution in [1.29, 1.82) is 0 Å². The third kappa shape index (κ3) is 3.87. The number of aromatic nitrogens is 4. The summed E-state index contributed by atoms with van der Waals surface area (Å²) in [5.41, 5.74) is 11.0. The molecule has 11 aromatic rings. The average molecular weight is 637 g/mol. The molecule has 0 N–H and O–H groups in total. The van der Waals surface area contributed by atoms with Crippen LogP contribution in [0.25, 0.3) is 99.3 Å². The maximum Gasteiger partial charge on any atom is 0.235 e. The summed E-state index contributed by atoms with van der Waals surface area (Å²) in [6, 6.07) is 60.7. The van der Waals surface area contributed by atoms with E-state index in [0.29, 0.717) is 5.95 Å². The fourth-order valence-corrected chi connectivity index (χ4v) is 8.06. The van der Waals surface area contributed by atoms with Crippen LogP contribution >= 0.6 is 0 Å². The Morgan fingerprint density at radius 3 is 1.94 bits per heavy atom. The molecule has 0 unspecified atom stereocenters. The zero-order valence-electron chi connectivity index (χ0n) is 27.0. The molecule has 0 spiro atoms. The first kappa shape index (κ1) is 27.2. The van der Waals surface area contributed by atoms with Gasteiger partial charge in [0.2, 0.25) is 5.95 Å². The second-order valence-corrected chi connectivity index (χ2v) is 13.0. The Kier molecular flexibility index (Phi) is 5.63. The van der Waals surface area contributed by atoms with Crippen molar-refractivity contribution in [2.24, 2.45) is 0 Å². The van der Waals surface area contributed by atoms with Gasteiger partial charge in [0.05, 0.1) is 33.3 Å². The van der Waals surface area contributed by atoms with Gasteiger partial charge in [0.1, 0.15) is 0 Å². The number of rotatable bonds is 4. The van der Waals surface area contributed by atoms with Crippen LogP contribution in [0, 0.1) is 0 Å². The van der Waals surface area contributed by atoms with Crippen LogP contribution in [0.3, 0.4) is 0 Å². The summed E-state index contributed by atoms with van der Waals surface area (Å²) < 4.78 is 4.64. The summed E-state index contributed by atoms with van der Waals surface area (Å²) in [6.07, 6.45) is 0. The first-order valence-corrected chi connectivity index (χ1v) is 17.0. The van der Waals surface area contributed by atoms with Crippen LogP contribution in [0.5, 0.6) is 0 Å². The summed E-state index contributed by atoms with van der Waals surface area (Å²) in [6.45, 7) is 0. The molecule has 50 heavy (non-hydrogen) atoms. The number of fused-ring (bicyclic) bond motifs is 4. The summed E-state index contributed by atoms with van der Waals surface area (Å²) in [4.78, 5) is 10.6. The van der Waals surface area contributed by atoms with Crippen molar-refractivity contribution in [3.63, 3.8) is 0 Å². The molecule has 0 fully saturated rings. The zero-order chi connectivity index (χ0) is 32.8. The number of hydrogen-bond acceptors (Lipinski definition) is 2. The van der Waals surface area contributed by atoms with E-state index >= 15 is 0 Å². The molecule has 3 heterocycles. The van der Waals surface area contributed by atoms with E-state index in [4.69, 9.17) is 9.97 Å². The monoisotopic (exact) mass is 636 g/mol. The van der Waals surface area contributed by atoms with Gasteiger partial charge in [-0.2, -0.15) is 0 Å². The molecule has 4 nitrogen and oxygen atoms in total. The van der Waals surface area contributed by atoms with Gasteiger partial charge in [0.25, 0.3) is 0 Å². The van der Waals surface area contributed by atoms with Crippen LogP contribution in [-0.2, 0) is 0 Å². The highest BCUT2D eigenvalue weighted by atomic mass is 15.2. The van der Waals surface area contributed by atoms with E-state index in [1.165, 1.54) is 48.9 Å². The lowest BCUT2D eigenvalue weighted by atomic mass is 9.96. The Morgan fingerprint density at radius 1 is 0.360 bits per heavy atom. The van der Waals surface area contributed by atoms with Gasteiger partial charge in [-0.3, -0.25) is 4.57 Å². The van der Waals surface area contributed by atoms with Gasteiger partial charge in [0, 0.05) is 38.2 Å². The second-order valence-electron chi connectivity index (χ2n) is 13.0. The van der Waals surface area contributed by atoms with Crippen molar-refractivity contribution >= 4 is 65.3 Å². The molecule has 4 heteroatoms. The van der Waals surface area contributed by atoms with E-state index in [1.807, 2.05) is 6.07 Å². The van der Waals surface area contributed by atoms with E-state index in [1.54, 1.807) is 0 Å². The van der Waals surface area contributed by atoms with Crippen molar-refractivity contribution < 1.29 is 0 Å². The lowest BCUT2D eigenvalue weighted by Crippen LogP contribution is -2.03. The first-order valence-electron chi connectivity index (χ1n) is 17.0. The minimum absolute atomic E-state index is 0.672. The van der Waals surface area contributed by atoms with Gasteiger partial charge in [0.15, 0.2) is 0 Å². The van der Waals surface area contributed by atoms with Crippen LogP contribution in [-0.4, -0.2) is 19.1 Å². The van der Waals surface area contributed by atoms with Crippen molar-refractivity contribution in [2.75, 3.05) is 0 Å². The molecule has 0 aliphatic rings. The van der Waals surface area contributed by atoms with E-state index in [-0.39, 0.29) is 0 Å². The molecule has 0 saturated heterocycles. The van der Waals surface area contributed by atoms with Gasteiger partial charge < -0.3 is 4.57 Å². The lowest BCUT2D eigenvalue weighted by Gasteiger charge is -2.12. The fourth-order valence-electron chi connectivity index (χ4n) is 8.06. The first-order chi connectivity index (χ1) is 24.8. The zero-order valence-corrected chi connectivity index (χ0v) is 27.0. The molecule has 11 rings (SSSR count). The maximum atomic E-state index is 5.33. The molecular weight excluding hydrogens is 609 g/mol. The van der Waals surface area contributed by atoms with Gasteiger partial charge in [-0.05, 0) is 76.5 Å². The number of nitrogens with zero attached hydrogens (tertiary/aromatic N) is 4. The van der Waals surface area contributed by atoms with E-state index in [9.17, 15) is 0 Å². The quantitative estimate of drug-likeness (QED) is 0.180. The molecular formula is C46H28N4. The molecule has 0 atom stereocenters. The van der Waals surface area contributed by atoms with Crippen molar-refractivity contribution in [2.45, 2.75) is 0 Å². The predicted molar refractivity (Wildman–Crippen MR) is 208 cm³/mol. The van der Waals surface area contributed by atoms with Gasteiger partial charge >= 0.3 is 0 Å². The third-order valence-electron chi connectivity index (χ3n) is 10.3. The van der Waals surface area contributed by atoms with Crippen LogP contribution < -0.4 is 0 Å². The Labute approximate surface area is 287 Å². The Morgan fingerprint density at radius 2 is 1.06 bits per heavy atom. The average Bonchev–Trinajstić information content (AvgIpc) is 3.70. The molecule has 3 aromatic heterocycles. The fraction of sp³-hybridized carbons (Fsp3) is 0. The number of hydrogen-bond donors (Lipinski definition) is 0. The number of benzene rings is 8. The Hall–Kier alpha value is -6.78. The second kappa shape index (κ2) is 10.4. The highest BCUT2D eigenvalue weighted by molar-refractivity contribution is 6.25. The molecule has 0 bridgehead atoms. The SMILES string of the molecule is c1ccc(-c2nc(-n3c4cccc5ccc6cc(-c7ccc8c(c7)c7ccccc7n8-c7ccccc7)cc3c6c54)nc3ccccc23)cc1. The Bertz CT molecular complexity index is 3080. The lowest BCUT2D eigenvalue weighted by molar-refractivity contribution is 1.01. The largest absolute Gasteiger partial charge is 0.309 e. The topological polar surface area (TPSA) is 35.6 Å². The van der Waals surface area contributed by atoms with Crippen LogP contribution in [0.4, 0.5) is 0 Å². The van der Waals surface area contributed by atoms with Gasteiger partial charge in [-0.25, -0.2) is 9.97 Å². The third-order valence-corrected chi connectivity index (χ3v) is 10.3. The normalized spacial score (nSPS) is 12.0. The minimum atomic E-state index is 0.672. The molecule has 0 aliphatic heterocycles. The van der Waals surface area contributed by atoms with E-state index in [0.717, 1.165) is 44.4 Å². The molecule has 0 radical (unpaired) electrons. The molecule has 0 amide bonds. The summed E-state index contributed by atoms with van der Waals surface area (Å²) >= 11 is 0. The molecule has 8 aromatic carbocycles. The van der Waals surface area contributed by atoms with Crippen LogP contribution in [0.15, 0.2) is 170 Å². The molecule has 0 saturated carbocycles. The van der Waals surface area contributed by atoms with E-state index < -0.39 is 0 Å². The molecule has 232 valence electrons. The standard InChI is InChI=1S/C46H28N4/c1-3-12-30(13-4-1)45-36-18-7-9-19-38(36)47-46(48-45)50-41-21-11-14-29-22-23-32-26-33(28-42(50)44(32)43(29)41)31-24-25-40-37(27-31)35-17-8-10-20-39(35)49(40)34-15-5-2-6-16-34/h1-28H. The summed E-state index contributed by atoms with van der Waals surface area (Å²) in [5.74, 6) is 0.672. The van der Waals surface area contributed by atoms with Crippen molar-refractivity contribution in [1.82, 2.24) is 19.1 Å². The van der Waals surface area contributed by atoms with Crippen molar-refractivity contribution in [3.8, 4) is 34.0 Å². The predicted octanol–water partition coefficient (Wildman–Crippen LogP) is 11.7.